The van der Waals surface area contributed by atoms with Crippen LogP contribution in [-0.2, 0) is 9.59 Å². The predicted octanol–water partition coefficient (Wildman–Crippen LogP) is 3.53. The van der Waals surface area contributed by atoms with Gasteiger partial charge in [0.05, 0.1) is 0 Å². The Kier molecular flexibility index (Phi) is 13.9. The summed E-state index contributed by atoms with van der Waals surface area (Å²) >= 11 is 0. The van der Waals surface area contributed by atoms with Gasteiger partial charge < -0.3 is 0 Å². The molecule has 0 rings (SSSR count). The van der Waals surface area contributed by atoms with E-state index in [0.29, 0.717) is 30.8 Å². The van der Waals surface area contributed by atoms with Crippen LogP contribution in [-0.4, -0.2) is 11.6 Å². The zero-order chi connectivity index (χ0) is 11.4. The highest BCUT2D eigenvalue weighted by molar-refractivity contribution is 5.78. The smallest absolute Gasteiger partial charge is 0.132 e. The summed E-state index contributed by atoms with van der Waals surface area (Å²) in [5.41, 5.74) is 0. The summed E-state index contributed by atoms with van der Waals surface area (Å²) in [4.78, 5) is 20.8. The van der Waals surface area contributed by atoms with Crippen molar-refractivity contribution in [3.8, 4) is 0 Å². The second-order valence-electron chi connectivity index (χ2n) is 3.24. The molecule has 2 nitrogen and oxygen atoms in total. The monoisotopic (exact) mass is 200 g/mol. The molecular formula is C12H24O2. The molecule has 0 radical (unpaired) electrons. The summed E-state index contributed by atoms with van der Waals surface area (Å²) in [6.07, 6.45) is 5.07. The van der Waals surface area contributed by atoms with Gasteiger partial charge in [0.2, 0.25) is 0 Å². The van der Waals surface area contributed by atoms with Crippen LogP contribution in [0.3, 0.4) is 0 Å². The number of hydrogen-bond acceptors (Lipinski definition) is 2. The molecule has 0 bridgehead atoms. The van der Waals surface area contributed by atoms with Crippen LogP contribution in [0.2, 0.25) is 0 Å². The van der Waals surface area contributed by atoms with Crippen LogP contribution < -0.4 is 0 Å². The molecule has 0 N–H and O–H groups in total. The Hall–Kier alpha value is -0.660. The van der Waals surface area contributed by atoms with E-state index in [1.165, 1.54) is 0 Å². The normalized spacial score (nSPS) is 8.86. The third-order valence-corrected chi connectivity index (χ3v) is 1.99. The number of carbonyl (C=O) groups is 2. The van der Waals surface area contributed by atoms with E-state index in [-0.39, 0.29) is 0 Å². The van der Waals surface area contributed by atoms with Gasteiger partial charge in [-0.2, -0.15) is 0 Å². The number of hydrogen-bond donors (Lipinski definition) is 0. The maximum Gasteiger partial charge on any atom is 0.132 e. The molecule has 0 spiro atoms. The molecule has 14 heavy (non-hydrogen) atoms. The molecule has 0 aliphatic heterocycles. The van der Waals surface area contributed by atoms with Gasteiger partial charge in [0.25, 0.3) is 0 Å². The largest absolute Gasteiger partial charge is 0.300 e. The van der Waals surface area contributed by atoms with Crippen LogP contribution >= 0.6 is 0 Å². The first-order valence-electron chi connectivity index (χ1n) is 5.65. The maximum absolute atomic E-state index is 10.6. The average molecular weight is 200 g/mol. The Morgan fingerprint density at radius 3 is 1.43 bits per heavy atom. The molecule has 0 aromatic carbocycles. The second kappa shape index (κ2) is 12.3. The minimum atomic E-state index is 0.343. The van der Waals surface area contributed by atoms with Crippen LogP contribution in [0.25, 0.3) is 0 Å². The molecule has 0 amide bonds. The van der Waals surface area contributed by atoms with Crippen LogP contribution in [0.4, 0.5) is 0 Å². The van der Waals surface area contributed by atoms with Gasteiger partial charge in [0, 0.05) is 25.7 Å². The van der Waals surface area contributed by atoms with Crippen LogP contribution in [0.5, 0.6) is 0 Å². The second-order valence-corrected chi connectivity index (χ2v) is 3.24. The third kappa shape index (κ3) is 13.9. The molecule has 0 aromatic rings. The van der Waals surface area contributed by atoms with Gasteiger partial charge in [-0.05, 0) is 6.42 Å². The summed E-state index contributed by atoms with van der Waals surface area (Å²) in [5.74, 6) is 0.738. The van der Waals surface area contributed by atoms with Crippen molar-refractivity contribution in [2.24, 2.45) is 0 Å². The number of carbonyl (C=O) groups excluding carboxylic acids is 2. The molecule has 0 unspecified atom stereocenters. The van der Waals surface area contributed by atoms with Crippen molar-refractivity contribution in [3.05, 3.63) is 0 Å². The first kappa shape index (κ1) is 15.8. The van der Waals surface area contributed by atoms with Crippen molar-refractivity contribution < 1.29 is 9.59 Å². The Morgan fingerprint density at radius 2 is 1.21 bits per heavy atom. The van der Waals surface area contributed by atoms with Crippen molar-refractivity contribution >= 4 is 11.6 Å². The minimum absolute atomic E-state index is 0.343. The van der Waals surface area contributed by atoms with Crippen LogP contribution in [0.1, 0.15) is 66.2 Å². The number of Topliss-reactive ketones (excluding diaryl/α,β-unsaturated/α-hetero) is 2. The highest BCUT2D eigenvalue weighted by Gasteiger charge is 1.93. The Balaban J connectivity index is 0. The summed E-state index contributed by atoms with van der Waals surface area (Å²) in [7, 11) is 0. The van der Waals surface area contributed by atoms with E-state index in [1.54, 1.807) is 0 Å². The lowest BCUT2D eigenvalue weighted by Crippen LogP contribution is -1.92. The lowest BCUT2D eigenvalue weighted by atomic mass is 10.1. The maximum atomic E-state index is 10.6. The van der Waals surface area contributed by atoms with Crippen molar-refractivity contribution in [1.29, 1.82) is 0 Å². The van der Waals surface area contributed by atoms with Gasteiger partial charge in [0.1, 0.15) is 11.6 Å². The van der Waals surface area contributed by atoms with E-state index in [9.17, 15) is 9.59 Å². The van der Waals surface area contributed by atoms with Crippen molar-refractivity contribution in [1.82, 2.24) is 0 Å². The molecule has 0 aliphatic carbocycles. The van der Waals surface area contributed by atoms with Crippen LogP contribution in [0.15, 0.2) is 0 Å². The zero-order valence-electron chi connectivity index (χ0n) is 10.1. The molecule has 0 aliphatic rings. The Morgan fingerprint density at radius 1 is 0.786 bits per heavy atom. The third-order valence-electron chi connectivity index (χ3n) is 1.99. The van der Waals surface area contributed by atoms with E-state index >= 15 is 0 Å². The summed E-state index contributed by atoms with van der Waals surface area (Å²) in [6.45, 7) is 7.78. The molecule has 2 heteroatoms. The van der Waals surface area contributed by atoms with Crippen molar-refractivity contribution in [3.63, 3.8) is 0 Å². The predicted molar refractivity (Wildman–Crippen MR) is 60.4 cm³/mol. The van der Waals surface area contributed by atoms with Gasteiger partial charge in [-0.1, -0.05) is 34.1 Å². The molecule has 0 atom stereocenters. The first-order chi connectivity index (χ1) is 6.62. The van der Waals surface area contributed by atoms with E-state index in [4.69, 9.17) is 0 Å². The molecule has 0 saturated carbocycles. The molecule has 84 valence electrons. The molecule has 0 fully saturated rings. The van der Waals surface area contributed by atoms with E-state index in [2.05, 4.69) is 6.92 Å². The molecule has 0 saturated heterocycles. The molecular weight excluding hydrogens is 176 g/mol. The standard InChI is InChI=1S/C7H14O.C5H10O/c1-3-5-6-7(8)4-2;1-3-5(6)4-2/h3-6H2,1-2H3;3-4H2,1-2H3. The van der Waals surface area contributed by atoms with Gasteiger partial charge in [0.15, 0.2) is 0 Å². The summed E-state index contributed by atoms with van der Waals surface area (Å²) in [6, 6.07) is 0. The van der Waals surface area contributed by atoms with Gasteiger partial charge in [-0.3, -0.25) is 9.59 Å². The lowest BCUT2D eigenvalue weighted by molar-refractivity contribution is -0.119. The summed E-state index contributed by atoms with van der Waals surface area (Å²) in [5, 5.41) is 0. The zero-order valence-corrected chi connectivity index (χ0v) is 10.1. The fraction of sp³-hybridized carbons (Fsp3) is 0.833. The fourth-order valence-electron chi connectivity index (χ4n) is 0.801. The van der Waals surface area contributed by atoms with E-state index in [0.717, 1.165) is 19.3 Å². The number of unbranched alkanes of at least 4 members (excludes halogenated alkanes) is 1. The van der Waals surface area contributed by atoms with Crippen LogP contribution in [0, 0.1) is 0 Å². The average Bonchev–Trinajstić information content (AvgIpc) is 2.25. The highest BCUT2D eigenvalue weighted by atomic mass is 16.1. The Bertz CT molecular complexity index is 144. The van der Waals surface area contributed by atoms with Gasteiger partial charge in [-0.15, -0.1) is 0 Å². The minimum Gasteiger partial charge on any atom is -0.300 e. The van der Waals surface area contributed by atoms with E-state index < -0.39 is 0 Å². The topological polar surface area (TPSA) is 34.1 Å². The summed E-state index contributed by atoms with van der Waals surface area (Å²) < 4.78 is 0. The SMILES string of the molecule is CCC(=O)CC.CCCCC(=O)CC. The van der Waals surface area contributed by atoms with Gasteiger partial charge in [-0.25, -0.2) is 0 Å². The molecule has 0 heterocycles. The van der Waals surface area contributed by atoms with E-state index in [1.807, 2.05) is 20.8 Å². The van der Waals surface area contributed by atoms with Crippen molar-refractivity contribution in [2.75, 3.05) is 0 Å². The van der Waals surface area contributed by atoms with Crippen molar-refractivity contribution in [2.45, 2.75) is 66.2 Å². The van der Waals surface area contributed by atoms with Gasteiger partial charge >= 0.3 is 0 Å². The first-order valence-corrected chi connectivity index (χ1v) is 5.65. The Labute approximate surface area is 88.1 Å². The highest BCUT2D eigenvalue weighted by Crippen LogP contribution is 1.96. The fourth-order valence-corrected chi connectivity index (χ4v) is 0.801. The number of rotatable bonds is 6. The molecule has 0 aromatic heterocycles. The quantitative estimate of drug-likeness (QED) is 0.657. The lowest BCUT2D eigenvalue weighted by Gasteiger charge is -1.91. The number of ketones is 2.